The third-order valence-electron chi connectivity index (χ3n) is 4.03. The van der Waals surface area contributed by atoms with E-state index >= 15 is 0 Å². The van der Waals surface area contributed by atoms with Crippen molar-refractivity contribution in [3.63, 3.8) is 0 Å². The minimum atomic E-state index is -0.415. The van der Waals surface area contributed by atoms with E-state index in [1.165, 1.54) is 32.8 Å². The van der Waals surface area contributed by atoms with Crippen molar-refractivity contribution in [2.24, 2.45) is 0 Å². The summed E-state index contributed by atoms with van der Waals surface area (Å²) in [5, 5.41) is 2.76. The second-order valence-corrected chi connectivity index (χ2v) is 5.80. The van der Waals surface area contributed by atoms with Gasteiger partial charge in [0, 0.05) is 5.56 Å². The van der Waals surface area contributed by atoms with Gasteiger partial charge in [0.2, 0.25) is 0 Å². The predicted molar refractivity (Wildman–Crippen MR) is 92.8 cm³/mol. The highest BCUT2D eigenvalue weighted by Crippen LogP contribution is 2.08. The third kappa shape index (κ3) is 5.71. The molecule has 0 aromatic heterocycles. The molecule has 1 aliphatic rings. The number of hydrogen-bond donors (Lipinski definition) is 1. The zero-order valence-corrected chi connectivity index (χ0v) is 14.1. The average Bonchev–Trinajstić information content (AvgIpc) is 2.89. The van der Waals surface area contributed by atoms with Crippen LogP contribution in [0.3, 0.4) is 0 Å². The van der Waals surface area contributed by atoms with Crippen LogP contribution in [-0.4, -0.2) is 50.1 Å². The maximum absolute atomic E-state index is 12.0. The lowest BCUT2D eigenvalue weighted by atomic mass is 10.1. The number of carbonyl (C=O) groups excluding carboxylic acids is 2. The van der Waals surface area contributed by atoms with E-state index in [4.69, 9.17) is 0 Å². The van der Waals surface area contributed by atoms with E-state index in [9.17, 15) is 9.59 Å². The molecule has 1 amide bonds. The summed E-state index contributed by atoms with van der Waals surface area (Å²) in [7, 11) is 1.33. The highest BCUT2D eigenvalue weighted by atomic mass is 16.5. The number of hydrogen-bond acceptors (Lipinski definition) is 4. The van der Waals surface area contributed by atoms with Gasteiger partial charge in [-0.1, -0.05) is 24.7 Å². The quantitative estimate of drug-likeness (QED) is 0.679. The first-order valence-corrected chi connectivity index (χ1v) is 8.35. The summed E-state index contributed by atoms with van der Waals surface area (Å²) >= 11 is 0. The van der Waals surface area contributed by atoms with Crippen LogP contribution in [0.2, 0.25) is 0 Å². The van der Waals surface area contributed by atoms with Gasteiger partial charge in [0.15, 0.2) is 0 Å². The molecular formula is C19H24N2O3. The molecule has 5 heteroatoms. The number of nitrogens with zero attached hydrogens (tertiary/aromatic N) is 1. The largest absolute Gasteiger partial charge is 0.465 e. The van der Waals surface area contributed by atoms with Gasteiger partial charge >= 0.3 is 5.97 Å². The van der Waals surface area contributed by atoms with Crippen LogP contribution < -0.4 is 5.32 Å². The van der Waals surface area contributed by atoms with E-state index in [-0.39, 0.29) is 5.91 Å². The molecule has 1 aliphatic heterocycles. The van der Waals surface area contributed by atoms with E-state index in [0.29, 0.717) is 17.7 Å². The predicted octanol–water partition coefficient (Wildman–Crippen LogP) is 2.08. The highest BCUT2D eigenvalue weighted by Gasteiger charge is 2.08. The van der Waals surface area contributed by atoms with Crippen molar-refractivity contribution in [2.45, 2.75) is 25.7 Å². The van der Waals surface area contributed by atoms with E-state index in [1.807, 2.05) is 0 Å². The molecule has 0 radical (unpaired) electrons. The maximum Gasteiger partial charge on any atom is 0.337 e. The molecule has 24 heavy (non-hydrogen) atoms. The van der Waals surface area contributed by atoms with E-state index < -0.39 is 5.97 Å². The fourth-order valence-corrected chi connectivity index (χ4v) is 2.63. The SMILES string of the molecule is COC(=O)c1ccc(C(=O)NCC#CCN2CCCCCC2)cc1. The Bertz CT molecular complexity index is 606. The lowest BCUT2D eigenvalue weighted by molar-refractivity contribution is 0.0600. The number of carbonyl (C=O) groups is 2. The van der Waals surface area contributed by atoms with E-state index in [1.54, 1.807) is 24.3 Å². The van der Waals surface area contributed by atoms with Crippen LogP contribution in [0, 0.1) is 11.8 Å². The standard InChI is InChI=1S/C19H24N2O3/c1-24-19(23)17-10-8-16(9-11-17)18(22)20-12-4-7-15-21-13-5-2-3-6-14-21/h8-11H,2-3,5-6,12-15H2,1H3,(H,20,22). The highest BCUT2D eigenvalue weighted by molar-refractivity contribution is 5.96. The van der Waals surface area contributed by atoms with Crippen LogP contribution >= 0.6 is 0 Å². The summed E-state index contributed by atoms with van der Waals surface area (Å²) in [5.74, 6) is 5.50. The summed E-state index contributed by atoms with van der Waals surface area (Å²) in [6.07, 6.45) is 5.13. The molecule has 1 N–H and O–H groups in total. The lowest BCUT2D eigenvalue weighted by Crippen LogP contribution is -2.26. The summed E-state index contributed by atoms with van der Waals surface area (Å²) in [6, 6.07) is 6.36. The molecule has 128 valence electrons. The van der Waals surface area contributed by atoms with Gasteiger partial charge in [-0.2, -0.15) is 0 Å². The van der Waals surface area contributed by atoms with Gasteiger partial charge in [0.1, 0.15) is 0 Å². The van der Waals surface area contributed by atoms with Gasteiger partial charge in [-0.3, -0.25) is 9.69 Å². The molecule has 5 nitrogen and oxygen atoms in total. The number of methoxy groups -OCH3 is 1. The fourth-order valence-electron chi connectivity index (χ4n) is 2.63. The fraction of sp³-hybridized carbons (Fsp3) is 0.474. The number of ether oxygens (including phenoxy) is 1. The molecule has 1 aromatic carbocycles. The third-order valence-corrected chi connectivity index (χ3v) is 4.03. The van der Waals surface area contributed by atoms with Crippen LogP contribution in [-0.2, 0) is 4.74 Å². The minimum Gasteiger partial charge on any atom is -0.465 e. The number of likely N-dealkylation sites (tertiary alicyclic amines) is 1. The zero-order chi connectivity index (χ0) is 17.2. The van der Waals surface area contributed by atoms with Crippen molar-refractivity contribution in [1.29, 1.82) is 0 Å². The van der Waals surface area contributed by atoms with Crippen LogP contribution in [0.15, 0.2) is 24.3 Å². The lowest BCUT2D eigenvalue weighted by Gasteiger charge is -2.15. The number of nitrogens with one attached hydrogen (secondary N) is 1. The smallest absolute Gasteiger partial charge is 0.337 e. The normalized spacial score (nSPS) is 14.9. The van der Waals surface area contributed by atoms with Gasteiger partial charge < -0.3 is 10.1 Å². The Morgan fingerprint density at radius 3 is 2.29 bits per heavy atom. The second-order valence-electron chi connectivity index (χ2n) is 5.80. The van der Waals surface area contributed by atoms with Crippen molar-refractivity contribution < 1.29 is 14.3 Å². The molecule has 0 spiro atoms. The maximum atomic E-state index is 12.0. The van der Waals surface area contributed by atoms with Crippen LogP contribution in [0.25, 0.3) is 0 Å². The van der Waals surface area contributed by atoms with Crippen molar-refractivity contribution in [3.05, 3.63) is 35.4 Å². The summed E-state index contributed by atoms with van der Waals surface area (Å²) in [5.41, 5.74) is 0.920. The first-order chi connectivity index (χ1) is 11.7. The molecule has 0 saturated carbocycles. The number of amides is 1. The van der Waals surface area contributed by atoms with Crippen molar-refractivity contribution >= 4 is 11.9 Å². The topological polar surface area (TPSA) is 58.6 Å². The summed E-state index contributed by atoms with van der Waals surface area (Å²) < 4.78 is 4.62. The monoisotopic (exact) mass is 328 g/mol. The Balaban J connectivity index is 1.75. The van der Waals surface area contributed by atoms with Gasteiger partial charge in [-0.15, -0.1) is 0 Å². The molecule has 1 saturated heterocycles. The Morgan fingerprint density at radius 1 is 1.04 bits per heavy atom. The van der Waals surface area contributed by atoms with Gasteiger partial charge in [0.25, 0.3) is 5.91 Å². The number of esters is 1. The molecule has 1 heterocycles. The Hall–Kier alpha value is -2.32. The Kier molecular flexibility index (Phi) is 7.31. The molecule has 0 aliphatic carbocycles. The van der Waals surface area contributed by atoms with Gasteiger partial charge in [-0.05, 0) is 50.2 Å². The molecule has 2 rings (SSSR count). The minimum absolute atomic E-state index is 0.199. The summed E-state index contributed by atoms with van der Waals surface area (Å²) in [4.78, 5) is 25.7. The Morgan fingerprint density at radius 2 is 1.67 bits per heavy atom. The molecular weight excluding hydrogens is 304 g/mol. The van der Waals surface area contributed by atoms with Gasteiger partial charge in [0.05, 0.1) is 25.8 Å². The Labute approximate surface area is 143 Å². The molecule has 0 bridgehead atoms. The van der Waals surface area contributed by atoms with Crippen LogP contribution in [0.1, 0.15) is 46.4 Å². The average molecular weight is 328 g/mol. The number of benzene rings is 1. The summed E-state index contributed by atoms with van der Waals surface area (Å²) in [6.45, 7) is 3.33. The van der Waals surface area contributed by atoms with E-state index in [0.717, 1.165) is 19.6 Å². The molecule has 1 fully saturated rings. The van der Waals surface area contributed by atoms with Crippen LogP contribution in [0.4, 0.5) is 0 Å². The van der Waals surface area contributed by atoms with E-state index in [2.05, 4.69) is 26.8 Å². The first kappa shape index (κ1) is 18.0. The molecule has 1 aromatic rings. The first-order valence-electron chi connectivity index (χ1n) is 8.35. The van der Waals surface area contributed by atoms with Gasteiger partial charge in [-0.25, -0.2) is 4.79 Å². The van der Waals surface area contributed by atoms with Crippen molar-refractivity contribution in [1.82, 2.24) is 10.2 Å². The molecule has 0 atom stereocenters. The second kappa shape index (κ2) is 9.74. The number of rotatable bonds is 4. The zero-order valence-electron chi connectivity index (χ0n) is 14.1. The van der Waals surface area contributed by atoms with Crippen LogP contribution in [0.5, 0.6) is 0 Å². The van der Waals surface area contributed by atoms with Crippen molar-refractivity contribution in [2.75, 3.05) is 33.3 Å². The molecule has 0 unspecified atom stereocenters. The van der Waals surface area contributed by atoms with Crippen molar-refractivity contribution in [3.8, 4) is 11.8 Å².